The van der Waals surface area contributed by atoms with E-state index in [9.17, 15) is 9.59 Å². The molecule has 0 saturated heterocycles. The van der Waals surface area contributed by atoms with Gasteiger partial charge in [0.15, 0.2) is 0 Å². The molecule has 0 atom stereocenters. The van der Waals surface area contributed by atoms with Gasteiger partial charge in [-0.2, -0.15) is 0 Å². The van der Waals surface area contributed by atoms with E-state index in [1.807, 2.05) is 13.0 Å². The SMILES string of the molecule is C=CCN(CC(=O)O)C(=O)NCc1cnccc1C. The number of pyridine rings is 1. The van der Waals surface area contributed by atoms with Crippen LogP contribution in [0, 0.1) is 6.92 Å². The zero-order valence-electron chi connectivity index (χ0n) is 10.8. The molecule has 0 radical (unpaired) electrons. The number of carboxylic acid groups (broad SMARTS) is 1. The largest absolute Gasteiger partial charge is 0.480 e. The molecular weight excluding hydrogens is 246 g/mol. The van der Waals surface area contributed by atoms with Gasteiger partial charge in [0.1, 0.15) is 6.54 Å². The Hall–Kier alpha value is -2.37. The third-order valence-electron chi connectivity index (χ3n) is 2.54. The fourth-order valence-corrected chi connectivity index (χ4v) is 1.50. The van der Waals surface area contributed by atoms with Crippen molar-refractivity contribution in [3.63, 3.8) is 0 Å². The number of rotatable bonds is 6. The molecule has 1 heterocycles. The molecule has 1 rings (SSSR count). The van der Waals surface area contributed by atoms with Crippen molar-refractivity contribution in [2.24, 2.45) is 0 Å². The summed E-state index contributed by atoms with van der Waals surface area (Å²) in [6, 6.07) is 1.41. The maximum absolute atomic E-state index is 11.8. The smallest absolute Gasteiger partial charge is 0.323 e. The predicted octanol–water partition coefficient (Wildman–Crippen LogP) is 1.17. The summed E-state index contributed by atoms with van der Waals surface area (Å²) >= 11 is 0. The molecule has 0 aromatic carbocycles. The van der Waals surface area contributed by atoms with Crippen LogP contribution in [0.1, 0.15) is 11.1 Å². The normalized spacial score (nSPS) is 9.74. The number of nitrogens with one attached hydrogen (secondary N) is 1. The summed E-state index contributed by atoms with van der Waals surface area (Å²) in [4.78, 5) is 27.6. The number of aromatic nitrogens is 1. The lowest BCUT2D eigenvalue weighted by Crippen LogP contribution is -2.42. The molecule has 0 aliphatic heterocycles. The van der Waals surface area contributed by atoms with Crippen LogP contribution in [0.25, 0.3) is 0 Å². The molecular formula is C13H17N3O3. The minimum absolute atomic E-state index is 0.185. The Morgan fingerprint density at radius 1 is 1.58 bits per heavy atom. The van der Waals surface area contributed by atoms with Gasteiger partial charge in [-0.05, 0) is 24.1 Å². The molecule has 6 heteroatoms. The molecule has 0 bridgehead atoms. The molecule has 102 valence electrons. The number of amides is 2. The average molecular weight is 263 g/mol. The lowest BCUT2D eigenvalue weighted by Gasteiger charge is -2.19. The molecule has 0 aliphatic rings. The van der Waals surface area contributed by atoms with E-state index in [1.165, 1.54) is 11.0 Å². The van der Waals surface area contributed by atoms with E-state index >= 15 is 0 Å². The summed E-state index contributed by atoms with van der Waals surface area (Å²) in [6.45, 7) is 5.56. The molecule has 0 fully saturated rings. The second kappa shape index (κ2) is 7.15. The van der Waals surface area contributed by atoms with Crippen molar-refractivity contribution in [1.29, 1.82) is 0 Å². The third-order valence-corrected chi connectivity index (χ3v) is 2.54. The number of carboxylic acids is 1. The first-order chi connectivity index (χ1) is 9.04. The van der Waals surface area contributed by atoms with Crippen molar-refractivity contribution >= 4 is 12.0 Å². The van der Waals surface area contributed by atoms with Gasteiger partial charge in [0.05, 0.1) is 0 Å². The highest BCUT2D eigenvalue weighted by atomic mass is 16.4. The number of urea groups is 1. The predicted molar refractivity (Wildman–Crippen MR) is 70.6 cm³/mol. The summed E-state index contributed by atoms with van der Waals surface area (Å²) in [7, 11) is 0. The van der Waals surface area contributed by atoms with Crippen LogP contribution in [-0.4, -0.2) is 40.1 Å². The zero-order valence-corrected chi connectivity index (χ0v) is 10.8. The van der Waals surface area contributed by atoms with Crippen LogP contribution in [0.5, 0.6) is 0 Å². The van der Waals surface area contributed by atoms with E-state index in [1.54, 1.807) is 12.4 Å². The molecule has 2 N–H and O–H groups in total. The number of aliphatic carboxylic acids is 1. The quantitative estimate of drug-likeness (QED) is 0.755. The topological polar surface area (TPSA) is 82.5 Å². The summed E-state index contributed by atoms with van der Waals surface area (Å²) in [5.74, 6) is -1.06. The van der Waals surface area contributed by atoms with Crippen LogP contribution >= 0.6 is 0 Å². The standard InChI is InChI=1S/C13H17N3O3/c1-3-6-16(9-12(17)18)13(19)15-8-11-7-14-5-4-10(11)2/h3-5,7H,1,6,8-9H2,2H3,(H,15,19)(H,17,18). The van der Waals surface area contributed by atoms with Crippen LogP contribution in [0.2, 0.25) is 0 Å². The monoisotopic (exact) mass is 263 g/mol. The summed E-state index contributed by atoms with van der Waals surface area (Å²) in [5, 5.41) is 11.4. The van der Waals surface area contributed by atoms with Gasteiger partial charge in [-0.1, -0.05) is 6.08 Å². The number of hydrogen-bond acceptors (Lipinski definition) is 3. The Labute approximate surface area is 111 Å². The maximum Gasteiger partial charge on any atom is 0.323 e. The second-order valence-corrected chi connectivity index (χ2v) is 4.02. The first-order valence-electron chi connectivity index (χ1n) is 5.79. The molecule has 2 amide bonds. The van der Waals surface area contributed by atoms with Crippen molar-refractivity contribution in [2.75, 3.05) is 13.1 Å². The van der Waals surface area contributed by atoms with Crippen LogP contribution in [0.4, 0.5) is 4.79 Å². The van der Waals surface area contributed by atoms with E-state index in [2.05, 4.69) is 16.9 Å². The highest BCUT2D eigenvalue weighted by Gasteiger charge is 2.15. The number of carbonyl (C=O) groups excluding carboxylic acids is 1. The van der Waals surface area contributed by atoms with Gasteiger partial charge in [-0.15, -0.1) is 6.58 Å². The van der Waals surface area contributed by atoms with E-state index in [4.69, 9.17) is 5.11 Å². The zero-order chi connectivity index (χ0) is 14.3. The van der Waals surface area contributed by atoms with E-state index < -0.39 is 12.0 Å². The van der Waals surface area contributed by atoms with Crippen LogP contribution in [-0.2, 0) is 11.3 Å². The Kier molecular flexibility index (Phi) is 5.53. The number of nitrogens with zero attached hydrogens (tertiary/aromatic N) is 2. The van der Waals surface area contributed by atoms with Crippen LogP contribution in [0.15, 0.2) is 31.1 Å². The van der Waals surface area contributed by atoms with Gasteiger partial charge in [0.2, 0.25) is 0 Å². The van der Waals surface area contributed by atoms with Gasteiger partial charge in [0, 0.05) is 25.5 Å². The second-order valence-electron chi connectivity index (χ2n) is 4.02. The molecule has 0 saturated carbocycles. The van der Waals surface area contributed by atoms with Gasteiger partial charge < -0.3 is 15.3 Å². The summed E-state index contributed by atoms with van der Waals surface area (Å²) < 4.78 is 0. The Morgan fingerprint density at radius 3 is 2.89 bits per heavy atom. The van der Waals surface area contributed by atoms with Crippen molar-refractivity contribution in [3.8, 4) is 0 Å². The van der Waals surface area contributed by atoms with Crippen LogP contribution < -0.4 is 5.32 Å². The average Bonchev–Trinajstić information content (AvgIpc) is 2.36. The highest BCUT2D eigenvalue weighted by molar-refractivity contribution is 5.80. The lowest BCUT2D eigenvalue weighted by molar-refractivity contribution is -0.137. The van der Waals surface area contributed by atoms with Crippen molar-refractivity contribution in [2.45, 2.75) is 13.5 Å². The number of carbonyl (C=O) groups is 2. The van der Waals surface area contributed by atoms with Crippen molar-refractivity contribution in [1.82, 2.24) is 15.2 Å². The fourth-order valence-electron chi connectivity index (χ4n) is 1.50. The van der Waals surface area contributed by atoms with Crippen molar-refractivity contribution < 1.29 is 14.7 Å². The first-order valence-corrected chi connectivity index (χ1v) is 5.79. The summed E-state index contributed by atoms with van der Waals surface area (Å²) in [6.07, 6.45) is 4.83. The van der Waals surface area contributed by atoms with Gasteiger partial charge in [0.25, 0.3) is 0 Å². The van der Waals surface area contributed by atoms with Gasteiger partial charge >= 0.3 is 12.0 Å². The number of hydrogen-bond donors (Lipinski definition) is 2. The van der Waals surface area contributed by atoms with Crippen LogP contribution in [0.3, 0.4) is 0 Å². The Balaban J connectivity index is 2.59. The summed E-state index contributed by atoms with van der Waals surface area (Å²) in [5.41, 5.74) is 1.91. The molecule has 0 unspecified atom stereocenters. The van der Waals surface area contributed by atoms with Gasteiger partial charge in [-0.25, -0.2) is 4.79 Å². The molecule has 6 nitrogen and oxygen atoms in total. The van der Waals surface area contributed by atoms with E-state index in [-0.39, 0.29) is 13.1 Å². The first kappa shape index (κ1) is 14.7. The van der Waals surface area contributed by atoms with E-state index in [0.29, 0.717) is 6.54 Å². The molecule has 1 aromatic heterocycles. The molecule has 0 aliphatic carbocycles. The molecule has 19 heavy (non-hydrogen) atoms. The van der Waals surface area contributed by atoms with Crippen molar-refractivity contribution in [3.05, 3.63) is 42.2 Å². The third kappa shape index (κ3) is 4.79. The fraction of sp³-hybridized carbons (Fsp3) is 0.308. The Morgan fingerprint density at radius 2 is 2.32 bits per heavy atom. The minimum Gasteiger partial charge on any atom is -0.480 e. The molecule has 0 spiro atoms. The minimum atomic E-state index is -1.06. The highest BCUT2D eigenvalue weighted by Crippen LogP contribution is 2.04. The lowest BCUT2D eigenvalue weighted by atomic mass is 10.2. The maximum atomic E-state index is 11.8. The number of aryl methyl sites for hydroxylation is 1. The van der Waals surface area contributed by atoms with E-state index in [0.717, 1.165) is 11.1 Å². The Bertz CT molecular complexity index is 474. The van der Waals surface area contributed by atoms with Gasteiger partial charge in [-0.3, -0.25) is 9.78 Å². The molecule has 1 aromatic rings.